The first kappa shape index (κ1) is 23.0. The van der Waals surface area contributed by atoms with E-state index >= 15 is 0 Å². The van der Waals surface area contributed by atoms with Crippen molar-refractivity contribution in [2.24, 2.45) is 7.05 Å². The molecular formula is C23H25ClN2O4S. The lowest BCUT2D eigenvalue weighted by atomic mass is 10.0. The van der Waals surface area contributed by atoms with Crippen molar-refractivity contribution in [3.8, 4) is 5.88 Å². The third kappa shape index (κ3) is 4.52. The molecule has 3 rings (SSSR count). The molecule has 6 nitrogen and oxygen atoms in total. The Hall–Kier alpha value is -2.64. The highest BCUT2D eigenvalue weighted by molar-refractivity contribution is 7.91. The van der Waals surface area contributed by atoms with E-state index in [4.69, 9.17) is 16.3 Å². The van der Waals surface area contributed by atoms with Gasteiger partial charge in [0, 0.05) is 12.6 Å². The van der Waals surface area contributed by atoms with E-state index in [2.05, 4.69) is 5.10 Å². The number of aromatic nitrogens is 2. The van der Waals surface area contributed by atoms with Gasteiger partial charge in [-0.2, -0.15) is 5.10 Å². The van der Waals surface area contributed by atoms with Crippen LogP contribution in [0.1, 0.15) is 45.1 Å². The molecule has 0 radical (unpaired) electrons. The second-order valence-electron chi connectivity index (χ2n) is 7.50. The molecule has 0 fully saturated rings. The van der Waals surface area contributed by atoms with Crippen molar-refractivity contribution in [2.75, 3.05) is 5.75 Å². The van der Waals surface area contributed by atoms with Crippen molar-refractivity contribution >= 4 is 27.2 Å². The van der Waals surface area contributed by atoms with Crippen LogP contribution >= 0.6 is 11.6 Å². The van der Waals surface area contributed by atoms with Crippen LogP contribution in [0.15, 0.2) is 41.4 Å². The van der Waals surface area contributed by atoms with Gasteiger partial charge >= 0.3 is 0 Å². The minimum Gasteiger partial charge on any atom is -0.472 e. The molecule has 2 aromatic carbocycles. The first-order chi connectivity index (χ1) is 14.6. The van der Waals surface area contributed by atoms with Crippen molar-refractivity contribution in [3.63, 3.8) is 0 Å². The predicted molar refractivity (Wildman–Crippen MR) is 121 cm³/mol. The fourth-order valence-corrected chi connectivity index (χ4v) is 5.16. The number of sulfone groups is 1. The van der Waals surface area contributed by atoms with Gasteiger partial charge in [-0.3, -0.25) is 4.79 Å². The maximum absolute atomic E-state index is 13.3. The number of ether oxygens (including phenoxy) is 1. The molecule has 0 bridgehead atoms. The Balaban J connectivity index is 1.98. The third-order valence-electron chi connectivity index (χ3n) is 5.19. The second kappa shape index (κ2) is 8.85. The van der Waals surface area contributed by atoms with Crippen molar-refractivity contribution < 1.29 is 17.9 Å². The van der Waals surface area contributed by atoms with Crippen LogP contribution in [-0.4, -0.2) is 29.7 Å². The summed E-state index contributed by atoms with van der Waals surface area (Å²) in [6.45, 7) is 7.15. The molecule has 0 atom stereocenters. The molecule has 31 heavy (non-hydrogen) atoms. The van der Waals surface area contributed by atoms with E-state index in [0.717, 1.165) is 11.1 Å². The summed E-state index contributed by atoms with van der Waals surface area (Å²) in [5.74, 6) is -0.0939. The van der Waals surface area contributed by atoms with E-state index < -0.39 is 9.84 Å². The van der Waals surface area contributed by atoms with Gasteiger partial charge in [0.25, 0.3) is 0 Å². The summed E-state index contributed by atoms with van der Waals surface area (Å²) in [6.07, 6.45) is 1.44. The minimum absolute atomic E-state index is 0.0437. The monoisotopic (exact) mass is 460 g/mol. The van der Waals surface area contributed by atoms with Crippen LogP contribution in [0.25, 0.3) is 0 Å². The molecule has 164 valence electrons. The maximum atomic E-state index is 13.3. The topological polar surface area (TPSA) is 78.3 Å². The van der Waals surface area contributed by atoms with Crippen molar-refractivity contribution in [1.29, 1.82) is 0 Å². The van der Waals surface area contributed by atoms with E-state index in [-0.39, 0.29) is 39.2 Å². The van der Waals surface area contributed by atoms with Gasteiger partial charge in [-0.15, -0.1) is 0 Å². The quantitative estimate of drug-likeness (QED) is 0.481. The van der Waals surface area contributed by atoms with Crippen LogP contribution in [0.5, 0.6) is 5.88 Å². The molecule has 0 saturated heterocycles. The number of hydrogen-bond acceptors (Lipinski definition) is 5. The Morgan fingerprint density at radius 3 is 2.39 bits per heavy atom. The summed E-state index contributed by atoms with van der Waals surface area (Å²) in [7, 11) is -1.78. The Bertz CT molecular complexity index is 1250. The van der Waals surface area contributed by atoms with E-state index in [1.165, 1.54) is 16.9 Å². The molecule has 0 aliphatic rings. The number of carbonyl (C=O) groups is 1. The van der Waals surface area contributed by atoms with Gasteiger partial charge in [0.1, 0.15) is 12.2 Å². The number of rotatable bonds is 7. The third-order valence-corrected chi connectivity index (χ3v) is 7.68. The van der Waals surface area contributed by atoms with Gasteiger partial charge in [-0.1, -0.05) is 48.4 Å². The highest BCUT2D eigenvalue weighted by Gasteiger charge is 2.27. The molecule has 0 aliphatic carbocycles. The van der Waals surface area contributed by atoms with Crippen LogP contribution in [0.4, 0.5) is 0 Å². The molecule has 0 unspecified atom stereocenters. The van der Waals surface area contributed by atoms with E-state index in [0.29, 0.717) is 17.0 Å². The molecule has 8 heteroatoms. The molecule has 0 N–H and O–H groups in total. The second-order valence-corrected chi connectivity index (χ2v) is 10.1. The van der Waals surface area contributed by atoms with Gasteiger partial charge in [0.15, 0.2) is 9.84 Å². The SMILES string of the molecule is CCS(=O)(=O)c1c(C)cc(C(=O)c2cnn(C)c2OCc2ccc(C)cc2)c(Cl)c1C. The number of hydrogen-bond donors (Lipinski definition) is 0. The van der Waals surface area contributed by atoms with Gasteiger partial charge in [-0.25, -0.2) is 13.1 Å². The first-order valence-electron chi connectivity index (χ1n) is 9.84. The lowest BCUT2D eigenvalue weighted by molar-refractivity contribution is 0.103. The Morgan fingerprint density at radius 2 is 1.77 bits per heavy atom. The molecule has 0 spiro atoms. The molecule has 0 amide bonds. The van der Waals surface area contributed by atoms with E-state index in [1.807, 2.05) is 31.2 Å². The van der Waals surface area contributed by atoms with Crippen molar-refractivity contribution in [1.82, 2.24) is 9.78 Å². The van der Waals surface area contributed by atoms with Crippen molar-refractivity contribution in [2.45, 2.75) is 39.2 Å². The average molecular weight is 461 g/mol. The molecular weight excluding hydrogens is 436 g/mol. The summed E-state index contributed by atoms with van der Waals surface area (Å²) in [4.78, 5) is 13.5. The summed E-state index contributed by atoms with van der Waals surface area (Å²) in [6, 6.07) is 9.43. The summed E-state index contributed by atoms with van der Waals surface area (Å²) in [5.41, 5.74) is 3.45. The number of ketones is 1. The highest BCUT2D eigenvalue weighted by atomic mass is 35.5. The number of benzene rings is 2. The van der Waals surface area contributed by atoms with Crippen LogP contribution in [-0.2, 0) is 23.5 Å². The Labute approximate surface area is 187 Å². The first-order valence-corrected chi connectivity index (χ1v) is 11.9. The van der Waals surface area contributed by atoms with Crippen molar-refractivity contribution in [3.05, 3.63) is 74.9 Å². The lowest BCUT2D eigenvalue weighted by Crippen LogP contribution is -2.12. The smallest absolute Gasteiger partial charge is 0.223 e. The largest absolute Gasteiger partial charge is 0.472 e. The lowest BCUT2D eigenvalue weighted by Gasteiger charge is -2.15. The molecule has 3 aromatic rings. The number of nitrogens with zero attached hydrogens (tertiary/aromatic N) is 2. The molecule has 1 aromatic heterocycles. The highest BCUT2D eigenvalue weighted by Crippen LogP contribution is 2.33. The van der Waals surface area contributed by atoms with Gasteiger partial charge in [0.2, 0.25) is 11.7 Å². The molecule has 1 heterocycles. The number of carbonyl (C=O) groups excluding carboxylic acids is 1. The molecule has 0 aliphatic heterocycles. The maximum Gasteiger partial charge on any atom is 0.223 e. The fourth-order valence-electron chi connectivity index (χ4n) is 3.47. The van der Waals surface area contributed by atoms with Crippen LogP contribution in [0.2, 0.25) is 5.02 Å². The summed E-state index contributed by atoms with van der Waals surface area (Å²) >= 11 is 6.47. The van der Waals surface area contributed by atoms with E-state index in [1.54, 1.807) is 27.8 Å². The zero-order valence-corrected chi connectivity index (χ0v) is 19.8. The predicted octanol–water partition coefficient (Wildman–Crippen LogP) is 4.60. The van der Waals surface area contributed by atoms with Crippen LogP contribution in [0.3, 0.4) is 0 Å². The van der Waals surface area contributed by atoms with Gasteiger partial charge in [0.05, 0.1) is 21.9 Å². The van der Waals surface area contributed by atoms with E-state index in [9.17, 15) is 13.2 Å². The average Bonchev–Trinajstić information content (AvgIpc) is 3.10. The zero-order valence-electron chi connectivity index (χ0n) is 18.2. The van der Waals surface area contributed by atoms with Gasteiger partial charge < -0.3 is 4.74 Å². The van der Waals surface area contributed by atoms with Gasteiger partial charge in [-0.05, 0) is 43.5 Å². The Kier molecular flexibility index (Phi) is 6.57. The zero-order chi connectivity index (χ0) is 22.9. The van der Waals surface area contributed by atoms with Crippen LogP contribution < -0.4 is 4.74 Å². The normalized spacial score (nSPS) is 11.5. The van der Waals surface area contributed by atoms with Crippen LogP contribution in [0, 0.1) is 20.8 Å². The standard InChI is InChI=1S/C23H25ClN2O4S/c1-6-31(28,29)22-15(3)11-18(20(24)16(22)4)21(27)19-12-25-26(5)23(19)30-13-17-9-7-14(2)8-10-17/h7-12H,6,13H2,1-5H3. The number of halogens is 1. The molecule has 0 saturated carbocycles. The Morgan fingerprint density at radius 1 is 1.13 bits per heavy atom. The number of aryl methyl sites for hydroxylation is 3. The minimum atomic E-state index is -3.47. The summed E-state index contributed by atoms with van der Waals surface area (Å²) < 4.78 is 32.3. The fraction of sp³-hybridized carbons (Fsp3) is 0.304. The summed E-state index contributed by atoms with van der Waals surface area (Å²) in [5, 5.41) is 4.29.